The van der Waals surface area contributed by atoms with Gasteiger partial charge in [0.15, 0.2) is 0 Å². The molecule has 3 aromatic rings. The highest BCUT2D eigenvalue weighted by Crippen LogP contribution is 2.22. The molecule has 3 N–H and O–H groups in total. The maximum atomic E-state index is 12.4. The number of urea groups is 1. The summed E-state index contributed by atoms with van der Waals surface area (Å²) in [6.45, 7) is 8.01. The molecule has 7 heteroatoms. The number of piperidine rings is 1. The fourth-order valence-electron chi connectivity index (χ4n) is 3.88. The summed E-state index contributed by atoms with van der Waals surface area (Å²) < 4.78 is 0. The Morgan fingerprint density at radius 2 is 1.56 bits per heavy atom. The van der Waals surface area contributed by atoms with Gasteiger partial charge < -0.3 is 20.9 Å². The summed E-state index contributed by atoms with van der Waals surface area (Å²) in [4.78, 5) is 23.9. The number of nitrogens with zero attached hydrogens (tertiary/aromatic N) is 3. The Kier molecular flexibility index (Phi) is 6.54. The minimum atomic E-state index is -0.268. The Morgan fingerprint density at radius 1 is 0.844 bits per heavy atom. The van der Waals surface area contributed by atoms with Gasteiger partial charge in [0, 0.05) is 41.9 Å². The SMILES string of the molecule is Cc1ccc(NC(=O)Nc2ccc(Nc3cc(C)nc(N4CCCCC4)n3)cc2)c(C)c1. The predicted molar refractivity (Wildman–Crippen MR) is 131 cm³/mol. The number of carbonyl (C=O) groups is 1. The number of carbonyl (C=O) groups excluding carboxylic acids is 1. The van der Waals surface area contributed by atoms with Crippen LogP contribution in [0.4, 0.5) is 33.6 Å². The Morgan fingerprint density at radius 3 is 2.28 bits per heavy atom. The van der Waals surface area contributed by atoms with Gasteiger partial charge in [0.2, 0.25) is 5.95 Å². The summed E-state index contributed by atoms with van der Waals surface area (Å²) in [5.41, 5.74) is 5.54. The standard InChI is InChI=1S/C25H30N6O/c1-17-7-12-22(18(2)15-17)29-25(32)28-21-10-8-20(9-11-21)27-23-16-19(3)26-24(30-23)31-13-5-4-6-14-31/h7-12,15-16H,4-6,13-14H2,1-3H3,(H,26,27,30)(H2,28,29,32). The number of hydrogen-bond acceptors (Lipinski definition) is 5. The van der Waals surface area contributed by atoms with Crippen molar-refractivity contribution in [3.8, 4) is 0 Å². The first kappa shape index (κ1) is 21.6. The van der Waals surface area contributed by atoms with E-state index in [2.05, 4.69) is 25.8 Å². The fourth-order valence-corrected chi connectivity index (χ4v) is 3.88. The summed E-state index contributed by atoms with van der Waals surface area (Å²) in [6.07, 6.45) is 3.65. The van der Waals surface area contributed by atoms with Crippen LogP contribution in [0.25, 0.3) is 0 Å². The van der Waals surface area contributed by atoms with Gasteiger partial charge in [-0.25, -0.2) is 9.78 Å². The van der Waals surface area contributed by atoms with Gasteiger partial charge in [-0.05, 0) is 75.9 Å². The molecule has 1 aliphatic heterocycles. The van der Waals surface area contributed by atoms with E-state index in [-0.39, 0.29) is 6.03 Å². The van der Waals surface area contributed by atoms with Crippen LogP contribution < -0.4 is 20.9 Å². The van der Waals surface area contributed by atoms with Crippen molar-refractivity contribution < 1.29 is 4.79 Å². The highest BCUT2D eigenvalue weighted by molar-refractivity contribution is 6.00. The van der Waals surface area contributed by atoms with E-state index in [1.165, 1.54) is 24.8 Å². The first-order valence-electron chi connectivity index (χ1n) is 11.1. The van der Waals surface area contributed by atoms with Gasteiger partial charge in [-0.1, -0.05) is 17.7 Å². The van der Waals surface area contributed by atoms with Crippen LogP contribution in [0, 0.1) is 20.8 Å². The predicted octanol–water partition coefficient (Wildman–Crippen LogP) is 5.78. The van der Waals surface area contributed by atoms with E-state index in [0.717, 1.165) is 47.5 Å². The summed E-state index contributed by atoms with van der Waals surface area (Å²) in [7, 11) is 0. The molecule has 0 atom stereocenters. The largest absolute Gasteiger partial charge is 0.341 e. The molecule has 1 aromatic heterocycles. The summed E-state index contributed by atoms with van der Waals surface area (Å²) >= 11 is 0. The molecular weight excluding hydrogens is 400 g/mol. The number of nitrogens with one attached hydrogen (secondary N) is 3. The zero-order chi connectivity index (χ0) is 22.5. The second-order valence-electron chi connectivity index (χ2n) is 8.34. The topological polar surface area (TPSA) is 82.2 Å². The van der Waals surface area contributed by atoms with Crippen LogP contribution in [0.3, 0.4) is 0 Å². The molecule has 0 saturated carbocycles. The Labute approximate surface area is 189 Å². The molecular formula is C25H30N6O. The smallest absolute Gasteiger partial charge is 0.323 e. The summed E-state index contributed by atoms with van der Waals surface area (Å²) in [5, 5.41) is 9.12. The minimum Gasteiger partial charge on any atom is -0.341 e. The fraction of sp³-hybridized carbons (Fsp3) is 0.320. The molecule has 4 rings (SSSR count). The second kappa shape index (κ2) is 9.68. The van der Waals surface area contributed by atoms with Crippen molar-refractivity contribution in [1.29, 1.82) is 0 Å². The number of benzene rings is 2. The average Bonchev–Trinajstić information content (AvgIpc) is 2.77. The lowest BCUT2D eigenvalue weighted by atomic mass is 10.1. The van der Waals surface area contributed by atoms with Crippen molar-refractivity contribution in [2.24, 2.45) is 0 Å². The van der Waals surface area contributed by atoms with E-state index < -0.39 is 0 Å². The Balaban J connectivity index is 1.38. The van der Waals surface area contributed by atoms with Gasteiger partial charge >= 0.3 is 6.03 Å². The Hall–Kier alpha value is -3.61. The van der Waals surface area contributed by atoms with Crippen molar-refractivity contribution >= 4 is 34.9 Å². The van der Waals surface area contributed by atoms with Crippen molar-refractivity contribution in [3.63, 3.8) is 0 Å². The van der Waals surface area contributed by atoms with Crippen LogP contribution in [-0.2, 0) is 0 Å². The molecule has 166 valence electrons. The minimum absolute atomic E-state index is 0.268. The molecule has 7 nitrogen and oxygen atoms in total. The molecule has 2 amide bonds. The van der Waals surface area contributed by atoms with Crippen LogP contribution in [0.2, 0.25) is 0 Å². The lowest BCUT2D eigenvalue weighted by Crippen LogP contribution is -2.31. The monoisotopic (exact) mass is 430 g/mol. The number of amides is 2. The zero-order valence-corrected chi connectivity index (χ0v) is 18.9. The number of aryl methyl sites for hydroxylation is 3. The molecule has 0 spiro atoms. The van der Waals surface area contributed by atoms with Gasteiger partial charge in [0.05, 0.1) is 0 Å². The van der Waals surface area contributed by atoms with Gasteiger partial charge in [-0.2, -0.15) is 4.98 Å². The molecule has 0 aliphatic carbocycles. The molecule has 0 unspecified atom stereocenters. The number of aromatic nitrogens is 2. The van der Waals surface area contributed by atoms with E-state index in [1.807, 2.05) is 69.3 Å². The molecule has 32 heavy (non-hydrogen) atoms. The van der Waals surface area contributed by atoms with Crippen molar-refractivity contribution in [2.45, 2.75) is 40.0 Å². The molecule has 0 bridgehead atoms. The summed E-state index contributed by atoms with van der Waals surface area (Å²) in [6, 6.07) is 15.2. The van der Waals surface area contributed by atoms with E-state index in [4.69, 9.17) is 4.98 Å². The number of anilines is 5. The van der Waals surface area contributed by atoms with Crippen LogP contribution in [0.5, 0.6) is 0 Å². The van der Waals surface area contributed by atoms with Gasteiger partial charge in [-0.3, -0.25) is 0 Å². The molecule has 1 saturated heterocycles. The zero-order valence-electron chi connectivity index (χ0n) is 18.9. The summed E-state index contributed by atoms with van der Waals surface area (Å²) in [5.74, 6) is 1.56. The lowest BCUT2D eigenvalue weighted by Gasteiger charge is -2.27. The lowest BCUT2D eigenvalue weighted by molar-refractivity contribution is 0.262. The van der Waals surface area contributed by atoms with Gasteiger partial charge in [-0.15, -0.1) is 0 Å². The maximum absolute atomic E-state index is 12.4. The van der Waals surface area contributed by atoms with Crippen molar-refractivity contribution in [2.75, 3.05) is 33.9 Å². The highest BCUT2D eigenvalue weighted by Gasteiger charge is 2.15. The molecule has 1 aliphatic rings. The van der Waals surface area contributed by atoms with Gasteiger partial charge in [0.1, 0.15) is 5.82 Å². The van der Waals surface area contributed by atoms with E-state index >= 15 is 0 Å². The van der Waals surface area contributed by atoms with E-state index in [0.29, 0.717) is 5.69 Å². The number of rotatable bonds is 5. The molecule has 2 aromatic carbocycles. The third kappa shape index (κ3) is 5.55. The number of hydrogen-bond donors (Lipinski definition) is 3. The van der Waals surface area contributed by atoms with Crippen LogP contribution in [0.1, 0.15) is 36.1 Å². The van der Waals surface area contributed by atoms with Crippen LogP contribution >= 0.6 is 0 Å². The van der Waals surface area contributed by atoms with Crippen molar-refractivity contribution in [1.82, 2.24) is 9.97 Å². The maximum Gasteiger partial charge on any atom is 0.323 e. The molecule has 0 radical (unpaired) electrons. The quantitative estimate of drug-likeness (QED) is 0.478. The van der Waals surface area contributed by atoms with E-state index in [1.54, 1.807) is 0 Å². The third-order valence-electron chi connectivity index (χ3n) is 5.53. The van der Waals surface area contributed by atoms with E-state index in [9.17, 15) is 4.79 Å². The molecule has 2 heterocycles. The van der Waals surface area contributed by atoms with Crippen molar-refractivity contribution in [3.05, 3.63) is 65.4 Å². The van der Waals surface area contributed by atoms with Gasteiger partial charge in [0.25, 0.3) is 0 Å². The first-order valence-corrected chi connectivity index (χ1v) is 11.1. The third-order valence-corrected chi connectivity index (χ3v) is 5.53. The van der Waals surface area contributed by atoms with Crippen LogP contribution in [-0.4, -0.2) is 29.1 Å². The second-order valence-corrected chi connectivity index (χ2v) is 8.34. The van der Waals surface area contributed by atoms with Crippen LogP contribution in [0.15, 0.2) is 48.5 Å². The molecule has 1 fully saturated rings. The Bertz CT molecular complexity index is 1090. The normalized spacial score (nSPS) is 13.5. The average molecular weight is 431 g/mol. The highest BCUT2D eigenvalue weighted by atomic mass is 16.2. The first-order chi connectivity index (χ1) is 15.5.